The second kappa shape index (κ2) is 7.85. The van der Waals surface area contributed by atoms with Crippen molar-refractivity contribution in [3.63, 3.8) is 0 Å². The van der Waals surface area contributed by atoms with E-state index in [1.54, 1.807) is 7.11 Å². The van der Waals surface area contributed by atoms with Gasteiger partial charge in [0.05, 0.1) is 19.8 Å². The fourth-order valence-electron chi connectivity index (χ4n) is 3.05. The summed E-state index contributed by atoms with van der Waals surface area (Å²) in [5.74, 6) is 1.73. The third kappa shape index (κ3) is 4.27. The van der Waals surface area contributed by atoms with E-state index in [1.807, 2.05) is 4.90 Å². The minimum atomic E-state index is 0.0458. The molecule has 3 heterocycles. The topological polar surface area (TPSA) is 80.9 Å². The Morgan fingerprint density at radius 3 is 2.70 bits per heavy atom. The third-order valence-electron chi connectivity index (χ3n) is 4.42. The molecule has 0 saturated carbocycles. The Morgan fingerprint density at radius 2 is 2.00 bits per heavy atom. The van der Waals surface area contributed by atoms with Crippen LogP contribution in [0.3, 0.4) is 0 Å². The van der Waals surface area contributed by atoms with Crippen LogP contribution in [0.2, 0.25) is 0 Å². The van der Waals surface area contributed by atoms with Gasteiger partial charge < -0.3 is 18.9 Å². The number of rotatable bonds is 5. The van der Waals surface area contributed by atoms with E-state index in [-0.39, 0.29) is 18.4 Å². The molecule has 128 valence electrons. The van der Waals surface area contributed by atoms with Crippen LogP contribution in [-0.4, -0.2) is 79.0 Å². The molecule has 2 aliphatic heterocycles. The highest BCUT2D eigenvalue weighted by atomic mass is 16.5. The van der Waals surface area contributed by atoms with Crippen LogP contribution in [0.1, 0.15) is 30.5 Å². The molecule has 0 atom stereocenters. The van der Waals surface area contributed by atoms with Crippen molar-refractivity contribution in [3.05, 3.63) is 11.7 Å². The van der Waals surface area contributed by atoms with Gasteiger partial charge in [0.2, 0.25) is 11.8 Å². The fourth-order valence-corrected chi connectivity index (χ4v) is 3.05. The highest BCUT2D eigenvalue weighted by Gasteiger charge is 2.27. The number of ether oxygens (including phenoxy) is 2. The molecule has 0 bridgehead atoms. The molecule has 1 aromatic heterocycles. The summed E-state index contributed by atoms with van der Waals surface area (Å²) in [5.41, 5.74) is 0. The van der Waals surface area contributed by atoms with Gasteiger partial charge in [-0.25, -0.2) is 0 Å². The van der Waals surface area contributed by atoms with Crippen molar-refractivity contribution >= 4 is 5.91 Å². The van der Waals surface area contributed by atoms with Gasteiger partial charge in [0.25, 0.3) is 0 Å². The Labute approximate surface area is 135 Å². The molecule has 0 N–H and O–H groups in total. The van der Waals surface area contributed by atoms with E-state index in [4.69, 9.17) is 14.0 Å². The Balaban J connectivity index is 1.50. The molecule has 23 heavy (non-hydrogen) atoms. The molecule has 8 nitrogen and oxygen atoms in total. The van der Waals surface area contributed by atoms with Crippen molar-refractivity contribution in [2.45, 2.75) is 25.3 Å². The minimum absolute atomic E-state index is 0.0458. The first kappa shape index (κ1) is 16.4. The molecule has 8 heteroatoms. The molecule has 3 rings (SSSR count). The molecule has 0 radical (unpaired) electrons. The van der Waals surface area contributed by atoms with E-state index in [0.29, 0.717) is 25.5 Å². The third-order valence-corrected chi connectivity index (χ3v) is 4.42. The van der Waals surface area contributed by atoms with Crippen molar-refractivity contribution in [1.29, 1.82) is 0 Å². The Hall–Kier alpha value is -1.51. The van der Waals surface area contributed by atoms with Crippen LogP contribution < -0.4 is 0 Å². The molecule has 0 aromatic carbocycles. The second-order valence-electron chi connectivity index (χ2n) is 6.03. The number of amides is 1. The standard InChI is InChI=1S/C15H24N4O4/c1-21-11-14(20)19-4-2-12(3-5-19)15-16-13(17-23-15)10-18-6-8-22-9-7-18/h12H,2-11H2,1H3. The van der Waals surface area contributed by atoms with E-state index in [0.717, 1.165) is 45.0 Å². The number of hydrogen-bond acceptors (Lipinski definition) is 7. The number of nitrogens with zero attached hydrogens (tertiary/aromatic N) is 4. The van der Waals surface area contributed by atoms with Crippen LogP contribution in [0.5, 0.6) is 0 Å². The molecule has 0 spiro atoms. The van der Waals surface area contributed by atoms with Gasteiger partial charge in [-0.15, -0.1) is 0 Å². The summed E-state index contributed by atoms with van der Waals surface area (Å²) < 4.78 is 15.7. The van der Waals surface area contributed by atoms with Crippen LogP contribution >= 0.6 is 0 Å². The number of piperidine rings is 1. The first-order valence-electron chi connectivity index (χ1n) is 8.15. The quantitative estimate of drug-likeness (QED) is 0.768. The summed E-state index contributed by atoms with van der Waals surface area (Å²) >= 11 is 0. The van der Waals surface area contributed by atoms with E-state index in [2.05, 4.69) is 15.0 Å². The zero-order chi connectivity index (χ0) is 16.1. The van der Waals surface area contributed by atoms with Gasteiger partial charge in [-0.3, -0.25) is 9.69 Å². The lowest BCUT2D eigenvalue weighted by Crippen LogP contribution is -2.39. The maximum Gasteiger partial charge on any atom is 0.248 e. The van der Waals surface area contributed by atoms with Crippen LogP contribution in [0.4, 0.5) is 0 Å². The second-order valence-corrected chi connectivity index (χ2v) is 6.03. The average Bonchev–Trinajstić information content (AvgIpc) is 3.05. The smallest absolute Gasteiger partial charge is 0.248 e. The van der Waals surface area contributed by atoms with Gasteiger partial charge >= 0.3 is 0 Å². The summed E-state index contributed by atoms with van der Waals surface area (Å²) in [6, 6.07) is 0. The van der Waals surface area contributed by atoms with E-state index >= 15 is 0 Å². The molecule has 1 amide bonds. The molecule has 0 aliphatic carbocycles. The monoisotopic (exact) mass is 324 g/mol. The summed E-state index contributed by atoms with van der Waals surface area (Å²) in [5, 5.41) is 4.10. The van der Waals surface area contributed by atoms with Crippen LogP contribution in [0, 0.1) is 0 Å². The molecule has 2 saturated heterocycles. The largest absolute Gasteiger partial charge is 0.379 e. The van der Waals surface area contributed by atoms with Gasteiger partial charge in [-0.2, -0.15) is 4.98 Å². The van der Waals surface area contributed by atoms with E-state index in [1.165, 1.54) is 0 Å². The van der Waals surface area contributed by atoms with E-state index < -0.39 is 0 Å². The molecular weight excluding hydrogens is 300 g/mol. The van der Waals surface area contributed by atoms with E-state index in [9.17, 15) is 4.79 Å². The normalized spacial score (nSPS) is 20.8. The summed E-state index contributed by atoms with van der Waals surface area (Å²) in [4.78, 5) is 20.5. The molecule has 2 aliphatic rings. The number of hydrogen-bond donors (Lipinski definition) is 0. The number of methoxy groups -OCH3 is 1. The lowest BCUT2D eigenvalue weighted by molar-refractivity contribution is -0.136. The Bertz CT molecular complexity index is 507. The van der Waals surface area contributed by atoms with Gasteiger partial charge in [-0.05, 0) is 12.8 Å². The lowest BCUT2D eigenvalue weighted by Gasteiger charge is -2.30. The maximum atomic E-state index is 11.8. The lowest BCUT2D eigenvalue weighted by atomic mass is 9.97. The summed E-state index contributed by atoms with van der Waals surface area (Å²) in [6.45, 7) is 5.63. The summed E-state index contributed by atoms with van der Waals surface area (Å²) in [7, 11) is 1.54. The Morgan fingerprint density at radius 1 is 1.26 bits per heavy atom. The van der Waals surface area contributed by atoms with Crippen molar-refractivity contribution in [3.8, 4) is 0 Å². The van der Waals surface area contributed by atoms with Crippen LogP contribution in [0.25, 0.3) is 0 Å². The van der Waals surface area contributed by atoms with Gasteiger partial charge in [-0.1, -0.05) is 5.16 Å². The fraction of sp³-hybridized carbons (Fsp3) is 0.800. The number of carbonyl (C=O) groups excluding carboxylic acids is 1. The first-order valence-corrected chi connectivity index (χ1v) is 8.15. The van der Waals surface area contributed by atoms with Crippen LogP contribution in [0.15, 0.2) is 4.52 Å². The SMILES string of the molecule is COCC(=O)N1CCC(c2nc(CN3CCOCC3)no2)CC1. The highest BCUT2D eigenvalue weighted by Crippen LogP contribution is 2.27. The number of aromatic nitrogens is 2. The first-order chi connectivity index (χ1) is 11.3. The van der Waals surface area contributed by atoms with Crippen molar-refractivity contribution in [2.24, 2.45) is 0 Å². The molecule has 2 fully saturated rings. The predicted octanol–water partition coefficient (Wildman–Crippen LogP) is 0.254. The van der Waals surface area contributed by atoms with Gasteiger partial charge in [0.1, 0.15) is 6.61 Å². The molecule has 1 aromatic rings. The van der Waals surface area contributed by atoms with Crippen molar-refractivity contribution < 1.29 is 18.8 Å². The zero-order valence-corrected chi connectivity index (χ0v) is 13.6. The van der Waals surface area contributed by atoms with Crippen molar-refractivity contribution in [1.82, 2.24) is 19.9 Å². The number of morpholine rings is 1. The zero-order valence-electron chi connectivity index (χ0n) is 13.6. The van der Waals surface area contributed by atoms with Crippen molar-refractivity contribution in [2.75, 3.05) is 53.1 Å². The highest BCUT2D eigenvalue weighted by molar-refractivity contribution is 5.77. The summed E-state index contributed by atoms with van der Waals surface area (Å²) in [6.07, 6.45) is 1.71. The minimum Gasteiger partial charge on any atom is -0.379 e. The van der Waals surface area contributed by atoms with Crippen LogP contribution in [-0.2, 0) is 20.8 Å². The maximum absolute atomic E-state index is 11.8. The van der Waals surface area contributed by atoms with Gasteiger partial charge in [0.15, 0.2) is 5.82 Å². The predicted molar refractivity (Wildman–Crippen MR) is 80.8 cm³/mol. The average molecular weight is 324 g/mol. The molecular formula is C15H24N4O4. The number of likely N-dealkylation sites (tertiary alicyclic amines) is 1. The molecule has 0 unspecified atom stereocenters. The number of carbonyl (C=O) groups is 1. The van der Waals surface area contributed by atoms with Gasteiger partial charge in [0, 0.05) is 39.2 Å². The Kier molecular flexibility index (Phi) is 5.58.